The molecule has 2 atom stereocenters. The number of anilines is 1. The van der Waals surface area contributed by atoms with Crippen LogP contribution in [0, 0.1) is 0 Å². The minimum absolute atomic E-state index is 0.134. The van der Waals surface area contributed by atoms with Crippen LogP contribution in [-0.2, 0) is 0 Å². The van der Waals surface area contributed by atoms with Crippen molar-refractivity contribution in [3.05, 3.63) is 23.5 Å². The lowest BCUT2D eigenvalue weighted by Crippen LogP contribution is -2.27. The highest BCUT2D eigenvalue weighted by atomic mass is 35.5. The topological polar surface area (TPSA) is 45.1 Å². The van der Waals surface area contributed by atoms with E-state index in [4.69, 9.17) is 11.6 Å². The predicted molar refractivity (Wildman–Crippen MR) is 56.5 cm³/mol. The Kier molecular flexibility index (Phi) is 2.89. The normalized spacial score (nSPS) is 26.4. The molecule has 3 nitrogen and oxygen atoms in total. The average molecular weight is 213 g/mol. The number of rotatable bonds is 2. The first-order valence-corrected chi connectivity index (χ1v) is 5.19. The molecule has 0 aliphatic heterocycles. The number of nitrogens with zero attached hydrogens (tertiary/aromatic N) is 1. The van der Waals surface area contributed by atoms with E-state index in [2.05, 4.69) is 10.3 Å². The Labute approximate surface area is 88.1 Å². The summed E-state index contributed by atoms with van der Waals surface area (Å²) in [5, 5.41) is 13.5. The summed E-state index contributed by atoms with van der Waals surface area (Å²) >= 11 is 5.94. The van der Waals surface area contributed by atoms with Crippen LogP contribution in [-0.4, -0.2) is 22.2 Å². The number of pyridine rings is 1. The Morgan fingerprint density at radius 2 is 2.36 bits per heavy atom. The maximum atomic E-state index is 9.62. The molecule has 2 N–H and O–H groups in total. The van der Waals surface area contributed by atoms with Crippen LogP contribution in [0.15, 0.2) is 18.5 Å². The maximum absolute atomic E-state index is 9.62. The van der Waals surface area contributed by atoms with Crippen LogP contribution in [0.3, 0.4) is 0 Å². The van der Waals surface area contributed by atoms with Gasteiger partial charge in [-0.2, -0.15) is 0 Å². The number of nitrogens with one attached hydrogen (secondary N) is 1. The molecule has 0 spiro atoms. The van der Waals surface area contributed by atoms with E-state index in [-0.39, 0.29) is 12.1 Å². The standard InChI is InChI=1S/C10H13ClN2O/c11-7-6-12-5-4-8(7)13-9-2-1-3-10(9)14/h4-6,9-10,14H,1-3H2,(H,12,13)/t9-,10+/m1/s1. The van der Waals surface area contributed by atoms with Crippen molar-refractivity contribution in [1.29, 1.82) is 0 Å². The molecule has 0 radical (unpaired) electrons. The molecular weight excluding hydrogens is 200 g/mol. The highest BCUT2D eigenvalue weighted by molar-refractivity contribution is 6.33. The van der Waals surface area contributed by atoms with Crippen LogP contribution in [0.1, 0.15) is 19.3 Å². The van der Waals surface area contributed by atoms with Gasteiger partial charge in [0.15, 0.2) is 0 Å². The fourth-order valence-corrected chi connectivity index (χ4v) is 1.97. The Bertz CT molecular complexity index is 319. The van der Waals surface area contributed by atoms with Gasteiger partial charge in [0.25, 0.3) is 0 Å². The lowest BCUT2D eigenvalue weighted by atomic mass is 10.2. The Morgan fingerprint density at radius 1 is 1.50 bits per heavy atom. The van der Waals surface area contributed by atoms with Gasteiger partial charge in [-0.05, 0) is 25.3 Å². The molecule has 1 heterocycles. The number of hydrogen-bond donors (Lipinski definition) is 2. The third kappa shape index (κ3) is 1.99. The zero-order valence-electron chi connectivity index (χ0n) is 7.78. The molecule has 1 aromatic heterocycles. The highest BCUT2D eigenvalue weighted by Gasteiger charge is 2.25. The number of aromatic nitrogens is 1. The second-order valence-electron chi connectivity index (χ2n) is 3.60. The SMILES string of the molecule is O[C@H]1CCC[C@H]1Nc1ccncc1Cl. The summed E-state index contributed by atoms with van der Waals surface area (Å²) in [5.74, 6) is 0. The van der Waals surface area contributed by atoms with Crippen LogP contribution in [0.4, 0.5) is 5.69 Å². The first kappa shape index (κ1) is 9.74. The summed E-state index contributed by atoms with van der Waals surface area (Å²) in [7, 11) is 0. The van der Waals surface area contributed by atoms with Crippen molar-refractivity contribution < 1.29 is 5.11 Å². The molecule has 0 bridgehead atoms. The second kappa shape index (κ2) is 4.15. The van der Waals surface area contributed by atoms with E-state index in [1.54, 1.807) is 12.4 Å². The lowest BCUT2D eigenvalue weighted by Gasteiger charge is -2.18. The van der Waals surface area contributed by atoms with Gasteiger partial charge in [-0.1, -0.05) is 11.6 Å². The summed E-state index contributed by atoms with van der Waals surface area (Å²) in [6.45, 7) is 0. The summed E-state index contributed by atoms with van der Waals surface area (Å²) in [6.07, 6.45) is 5.99. The zero-order chi connectivity index (χ0) is 9.97. The van der Waals surface area contributed by atoms with Crippen molar-refractivity contribution in [3.8, 4) is 0 Å². The van der Waals surface area contributed by atoms with E-state index in [1.165, 1.54) is 0 Å². The molecule has 1 saturated carbocycles. The minimum Gasteiger partial charge on any atom is -0.391 e. The van der Waals surface area contributed by atoms with Crippen LogP contribution >= 0.6 is 11.6 Å². The predicted octanol–water partition coefficient (Wildman–Crippen LogP) is 2.06. The van der Waals surface area contributed by atoms with Gasteiger partial charge in [-0.3, -0.25) is 4.98 Å². The Morgan fingerprint density at radius 3 is 3.00 bits per heavy atom. The van der Waals surface area contributed by atoms with Crippen LogP contribution < -0.4 is 5.32 Å². The molecule has 0 saturated heterocycles. The summed E-state index contributed by atoms with van der Waals surface area (Å²) in [4.78, 5) is 3.90. The van der Waals surface area contributed by atoms with Crippen molar-refractivity contribution in [3.63, 3.8) is 0 Å². The van der Waals surface area contributed by atoms with Gasteiger partial charge in [-0.15, -0.1) is 0 Å². The number of halogens is 1. The second-order valence-corrected chi connectivity index (χ2v) is 4.01. The molecule has 1 aromatic rings. The van der Waals surface area contributed by atoms with Crippen molar-refractivity contribution in [1.82, 2.24) is 4.98 Å². The van der Waals surface area contributed by atoms with E-state index >= 15 is 0 Å². The van der Waals surface area contributed by atoms with E-state index in [9.17, 15) is 5.11 Å². The quantitative estimate of drug-likeness (QED) is 0.789. The summed E-state index contributed by atoms with van der Waals surface area (Å²) < 4.78 is 0. The molecule has 1 fully saturated rings. The smallest absolute Gasteiger partial charge is 0.0820 e. The molecule has 1 aliphatic rings. The minimum atomic E-state index is -0.251. The lowest BCUT2D eigenvalue weighted by molar-refractivity contribution is 0.172. The molecule has 2 rings (SSSR count). The zero-order valence-corrected chi connectivity index (χ0v) is 8.54. The van der Waals surface area contributed by atoms with Gasteiger partial charge in [0.2, 0.25) is 0 Å². The largest absolute Gasteiger partial charge is 0.391 e. The third-order valence-corrected chi connectivity index (χ3v) is 2.89. The number of aliphatic hydroxyl groups is 1. The maximum Gasteiger partial charge on any atom is 0.0820 e. The van der Waals surface area contributed by atoms with Gasteiger partial charge in [0, 0.05) is 12.4 Å². The Balaban J connectivity index is 2.07. The Hall–Kier alpha value is -0.800. The molecule has 0 amide bonds. The van der Waals surface area contributed by atoms with Crippen LogP contribution in [0.2, 0.25) is 5.02 Å². The van der Waals surface area contributed by atoms with Gasteiger partial charge in [0.1, 0.15) is 0 Å². The van der Waals surface area contributed by atoms with E-state index < -0.39 is 0 Å². The summed E-state index contributed by atoms with van der Waals surface area (Å²) in [5.41, 5.74) is 0.854. The molecular formula is C10H13ClN2O. The van der Waals surface area contributed by atoms with Crippen LogP contribution in [0.5, 0.6) is 0 Å². The highest BCUT2D eigenvalue weighted by Crippen LogP contribution is 2.26. The van der Waals surface area contributed by atoms with Crippen molar-refractivity contribution >= 4 is 17.3 Å². The van der Waals surface area contributed by atoms with Gasteiger partial charge >= 0.3 is 0 Å². The summed E-state index contributed by atoms with van der Waals surface area (Å²) in [6, 6.07) is 1.96. The van der Waals surface area contributed by atoms with Crippen molar-refractivity contribution in [2.45, 2.75) is 31.4 Å². The van der Waals surface area contributed by atoms with Crippen molar-refractivity contribution in [2.75, 3.05) is 5.32 Å². The molecule has 1 aliphatic carbocycles. The molecule has 4 heteroatoms. The first-order valence-electron chi connectivity index (χ1n) is 4.81. The molecule has 0 aromatic carbocycles. The average Bonchev–Trinajstić information content (AvgIpc) is 2.56. The van der Waals surface area contributed by atoms with Crippen molar-refractivity contribution in [2.24, 2.45) is 0 Å². The molecule has 14 heavy (non-hydrogen) atoms. The first-order chi connectivity index (χ1) is 6.77. The van der Waals surface area contributed by atoms with E-state index in [0.29, 0.717) is 5.02 Å². The van der Waals surface area contributed by atoms with Gasteiger partial charge in [0.05, 0.1) is 22.9 Å². The van der Waals surface area contributed by atoms with Gasteiger partial charge in [-0.25, -0.2) is 0 Å². The number of hydrogen-bond acceptors (Lipinski definition) is 3. The van der Waals surface area contributed by atoms with Gasteiger partial charge < -0.3 is 10.4 Å². The molecule has 0 unspecified atom stereocenters. The fourth-order valence-electron chi connectivity index (χ4n) is 1.80. The van der Waals surface area contributed by atoms with E-state index in [1.807, 2.05) is 6.07 Å². The van der Waals surface area contributed by atoms with E-state index in [0.717, 1.165) is 24.9 Å². The monoisotopic (exact) mass is 212 g/mol. The fraction of sp³-hybridized carbons (Fsp3) is 0.500. The number of aliphatic hydroxyl groups excluding tert-OH is 1. The molecule has 76 valence electrons. The third-order valence-electron chi connectivity index (χ3n) is 2.59. The van der Waals surface area contributed by atoms with Crippen LogP contribution in [0.25, 0.3) is 0 Å².